The van der Waals surface area contributed by atoms with E-state index >= 15 is 0 Å². The van der Waals surface area contributed by atoms with E-state index in [4.69, 9.17) is 33.1 Å². The fourth-order valence-corrected chi connectivity index (χ4v) is 2.62. The van der Waals surface area contributed by atoms with Gasteiger partial charge in [-0.1, -0.05) is 19.0 Å². The van der Waals surface area contributed by atoms with Crippen molar-refractivity contribution in [2.24, 2.45) is 28.3 Å². The molecule has 17 heavy (non-hydrogen) atoms. The van der Waals surface area contributed by atoms with Crippen molar-refractivity contribution in [1.82, 2.24) is 0 Å². The van der Waals surface area contributed by atoms with Gasteiger partial charge in [0.15, 0.2) is 0 Å². The number of aliphatic carboxylic acids is 1. The molecule has 2 aliphatic carbocycles. The average Bonchev–Trinajstić information content (AvgIpc) is 2.95. The molecule has 3 atom stereocenters. The second-order valence-corrected chi connectivity index (χ2v) is 6.92. The van der Waals surface area contributed by atoms with Gasteiger partial charge in [0.25, 0.3) is 0 Å². The maximum atomic E-state index is 10.9. The van der Waals surface area contributed by atoms with E-state index in [9.17, 15) is 4.79 Å². The third-order valence-corrected chi connectivity index (χ3v) is 4.63. The average molecular weight is 280 g/mol. The Morgan fingerprint density at radius 2 is 2.18 bits per heavy atom. The van der Waals surface area contributed by atoms with Crippen LogP contribution in [-0.2, 0) is 9.63 Å². The van der Waals surface area contributed by atoms with Crippen LogP contribution in [0.15, 0.2) is 5.16 Å². The molecule has 2 fully saturated rings. The Morgan fingerprint density at radius 3 is 2.59 bits per heavy atom. The molecule has 0 radical (unpaired) electrons. The smallest absolute Gasteiger partial charge is 0.307 e. The molecule has 0 aromatic rings. The lowest BCUT2D eigenvalue weighted by Gasteiger charge is -1.99. The standard InChI is InChI=1S/C11H15Cl2NO3/c1-10(2)7(8(10)9(15)16)4-14-17-5-6-3-11(6,12)13/h4,6-8H,3,5H2,1-2H3,(H,15,16)/t6?,7-,8-/m0/s1. The molecule has 0 saturated heterocycles. The summed E-state index contributed by atoms with van der Waals surface area (Å²) in [4.78, 5) is 16.0. The molecule has 1 N–H and O–H groups in total. The van der Waals surface area contributed by atoms with Gasteiger partial charge < -0.3 is 9.94 Å². The first kappa shape index (κ1) is 13.0. The van der Waals surface area contributed by atoms with Crippen molar-refractivity contribution in [1.29, 1.82) is 0 Å². The molecular formula is C11H15Cl2NO3. The number of hydrogen-bond donors (Lipinski definition) is 1. The van der Waals surface area contributed by atoms with Gasteiger partial charge >= 0.3 is 5.97 Å². The first-order valence-electron chi connectivity index (χ1n) is 5.53. The molecule has 6 heteroatoms. The van der Waals surface area contributed by atoms with Crippen molar-refractivity contribution < 1.29 is 14.7 Å². The van der Waals surface area contributed by atoms with Crippen LogP contribution in [0.2, 0.25) is 0 Å². The minimum atomic E-state index is -0.783. The molecule has 4 nitrogen and oxygen atoms in total. The Hall–Kier alpha value is -0.480. The SMILES string of the molecule is CC1(C)[C@H](C(=O)O)[C@@H]1C=NOCC1CC1(Cl)Cl. The Balaban J connectivity index is 1.74. The minimum Gasteiger partial charge on any atom is -0.481 e. The fourth-order valence-electron chi connectivity index (χ4n) is 2.12. The van der Waals surface area contributed by atoms with E-state index < -0.39 is 10.3 Å². The summed E-state index contributed by atoms with van der Waals surface area (Å²) < 4.78 is -0.655. The highest BCUT2D eigenvalue weighted by atomic mass is 35.5. The van der Waals surface area contributed by atoms with Crippen LogP contribution in [0.4, 0.5) is 0 Å². The summed E-state index contributed by atoms with van der Waals surface area (Å²) >= 11 is 11.7. The Labute approximate surface area is 110 Å². The van der Waals surface area contributed by atoms with Crippen LogP contribution in [0.3, 0.4) is 0 Å². The van der Waals surface area contributed by atoms with Crippen LogP contribution in [0, 0.1) is 23.2 Å². The number of nitrogens with zero attached hydrogens (tertiary/aromatic N) is 1. The molecule has 0 bridgehead atoms. The van der Waals surface area contributed by atoms with Gasteiger partial charge in [-0.25, -0.2) is 0 Å². The van der Waals surface area contributed by atoms with Crippen molar-refractivity contribution in [3.8, 4) is 0 Å². The monoisotopic (exact) mass is 279 g/mol. The zero-order chi connectivity index (χ0) is 12.8. The normalized spacial score (nSPS) is 36.8. The molecule has 0 aliphatic heterocycles. The summed E-state index contributed by atoms with van der Waals surface area (Å²) in [5, 5.41) is 12.7. The molecule has 2 aliphatic rings. The van der Waals surface area contributed by atoms with Gasteiger partial charge in [-0.15, -0.1) is 23.2 Å². The van der Waals surface area contributed by atoms with E-state index in [1.807, 2.05) is 13.8 Å². The second kappa shape index (κ2) is 4.02. The molecule has 0 aromatic heterocycles. The largest absolute Gasteiger partial charge is 0.481 e. The molecule has 0 heterocycles. The third-order valence-electron chi connectivity index (χ3n) is 3.70. The Morgan fingerprint density at radius 1 is 1.59 bits per heavy atom. The summed E-state index contributed by atoms with van der Waals surface area (Å²) in [5.74, 6) is -1.08. The highest BCUT2D eigenvalue weighted by Crippen LogP contribution is 2.57. The maximum absolute atomic E-state index is 10.9. The van der Waals surface area contributed by atoms with Crippen molar-refractivity contribution in [3.63, 3.8) is 0 Å². The highest BCUT2D eigenvalue weighted by Gasteiger charge is 2.61. The second-order valence-electron chi connectivity index (χ2n) is 5.38. The van der Waals surface area contributed by atoms with Crippen LogP contribution in [0.5, 0.6) is 0 Å². The van der Waals surface area contributed by atoms with Gasteiger partial charge in [-0.3, -0.25) is 4.79 Å². The van der Waals surface area contributed by atoms with Gasteiger partial charge in [0.1, 0.15) is 10.9 Å². The van der Waals surface area contributed by atoms with E-state index in [1.54, 1.807) is 6.21 Å². The van der Waals surface area contributed by atoms with Crippen molar-refractivity contribution in [3.05, 3.63) is 0 Å². The first-order chi connectivity index (χ1) is 7.77. The summed E-state index contributed by atoms with van der Waals surface area (Å²) in [6.45, 7) is 4.20. The molecule has 0 amide bonds. The van der Waals surface area contributed by atoms with Crippen LogP contribution in [0.1, 0.15) is 20.3 Å². The van der Waals surface area contributed by atoms with E-state index in [-0.39, 0.29) is 23.2 Å². The number of halogens is 2. The van der Waals surface area contributed by atoms with Gasteiger partial charge in [0, 0.05) is 18.1 Å². The number of carboxylic acid groups (broad SMARTS) is 1. The summed E-state index contributed by atoms with van der Waals surface area (Å²) in [6, 6.07) is 0. The summed E-state index contributed by atoms with van der Waals surface area (Å²) in [5.41, 5.74) is -0.235. The van der Waals surface area contributed by atoms with Crippen LogP contribution < -0.4 is 0 Å². The lowest BCUT2D eigenvalue weighted by molar-refractivity contribution is -0.139. The van der Waals surface area contributed by atoms with Crippen molar-refractivity contribution >= 4 is 35.4 Å². The zero-order valence-electron chi connectivity index (χ0n) is 9.69. The van der Waals surface area contributed by atoms with E-state index in [1.165, 1.54) is 0 Å². The lowest BCUT2D eigenvalue weighted by atomic mass is 10.1. The number of rotatable bonds is 5. The van der Waals surface area contributed by atoms with Gasteiger partial charge in [-0.2, -0.15) is 0 Å². The van der Waals surface area contributed by atoms with Crippen molar-refractivity contribution in [2.45, 2.75) is 24.6 Å². The van der Waals surface area contributed by atoms with E-state index in [0.29, 0.717) is 6.61 Å². The van der Waals surface area contributed by atoms with E-state index in [0.717, 1.165) is 6.42 Å². The number of carbonyl (C=O) groups is 1. The maximum Gasteiger partial charge on any atom is 0.307 e. The number of carboxylic acids is 1. The number of alkyl halides is 2. The van der Waals surface area contributed by atoms with Crippen LogP contribution in [0.25, 0.3) is 0 Å². The van der Waals surface area contributed by atoms with Gasteiger partial charge in [-0.05, 0) is 11.8 Å². The van der Waals surface area contributed by atoms with Crippen LogP contribution >= 0.6 is 23.2 Å². The predicted octanol–water partition coefficient (Wildman–Crippen LogP) is 2.54. The van der Waals surface area contributed by atoms with Gasteiger partial charge in [0.2, 0.25) is 0 Å². The summed E-state index contributed by atoms with van der Waals surface area (Å²) in [7, 11) is 0. The molecule has 0 spiro atoms. The zero-order valence-corrected chi connectivity index (χ0v) is 11.2. The predicted molar refractivity (Wildman–Crippen MR) is 65.4 cm³/mol. The topological polar surface area (TPSA) is 58.9 Å². The number of oxime groups is 1. The fraction of sp³-hybridized carbons (Fsp3) is 0.818. The molecule has 96 valence electrons. The van der Waals surface area contributed by atoms with Crippen LogP contribution in [-0.4, -0.2) is 28.2 Å². The molecular weight excluding hydrogens is 265 g/mol. The quantitative estimate of drug-likeness (QED) is 0.478. The highest BCUT2D eigenvalue weighted by molar-refractivity contribution is 6.50. The third kappa shape index (κ3) is 2.52. The van der Waals surface area contributed by atoms with Crippen molar-refractivity contribution in [2.75, 3.05) is 6.61 Å². The van der Waals surface area contributed by atoms with Gasteiger partial charge in [0.05, 0.1) is 5.92 Å². The molecule has 2 saturated carbocycles. The number of hydrogen-bond acceptors (Lipinski definition) is 3. The molecule has 0 aromatic carbocycles. The molecule has 1 unspecified atom stereocenters. The minimum absolute atomic E-state index is 0.0593. The summed E-state index contributed by atoms with van der Waals surface area (Å²) in [6.07, 6.45) is 2.30. The Bertz CT molecular complexity index is 368. The Kier molecular flexibility index (Phi) is 3.07. The molecule has 2 rings (SSSR count). The first-order valence-corrected chi connectivity index (χ1v) is 6.28. The van der Waals surface area contributed by atoms with E-state index in [2.05, 4.69) is 5.16 Å². The lowest BCUT2D eigenvalue weighted by Crippen LogP contribution is -2.03.